The van der Waals surface area contributed by atoms with Crippen molar-refractivity contribution in [3.63, 3.8) is 0 Å². The molecule has 7 nitrogen and oxygen atoms in total. The molecule has 1 aliphatic rings. The van der Waals surface area contributed by atoms with Crippen LogP contribution in [-0.2, 0) is 9.47 Å². The van der Waals surface area contributed by atoms with E-state index in [2.05, 4.69) is 9.64 Å². The maximum atomic E-state index is 11.2. The van der Waals surface area contributed by atoms with E-state index in [-0.39, 0.29) is 0 Å². The number of carbonyl (C=O) groups is 1. The van der Waals surface area contributed by atoms with Gasteiger partial charge in [0, 0.05) is 19.2 Å². The maximum absolute atomic E-state index is 11.2. The molecular weight excluding hydrogens is 314 g/mol. The first-order valence-electron chi connectivity index (χ1n) is 7.68. The predicted octanol–water partition coefficient (Wildman–Crippen LogP) is 2.46. The Balaban J connectivity index is 1.84. The molecule has 0 bridgehead atoms. The van der Waals surface area contributed by atoms with E-state index in [1.54, 1.807) is 26.4 Å². The highest BCUT2D eigenvalue weighted by Crippen LogP contribution is 2.31. The van der Waals surface area contributed by atoms with Gasteiger partial charge in [-0.25, -0.2) is 4.79 Å². The molecule has 24 heavy (non-hydrogen) atoms. The van der Waals surface area contributed by atoms with Crippen molar-refractivity contribution < 1.29 is 28.5 Å². The van der Waals surface area contributed by atoms with E-state index >= 15 is 0 Å². The highest BCUT2D eigenvalue weighted by atomic mass is 16.7. The van der Waals surface area contributed by atoms with Crippen LogP contribution in [0.5, 0.6) is 17.2 Å². The summed E-state index contributed by atoms with van der Waals surface area (Å²) >= 11 is 0. The van der Waals surface area contributed by atoms with Crippen molar-refractivity contribution in [2.75, 3.05) is 47.6 Å². The normalized spacial score (nSPS) is 14.5. The Hall–Kier alpha value is -2.41. The molecule has 0 saturated carbocycles. The number of methoxy groups -OCH3 is 3. The van der Waals surface area contributed by atoms with Crippen LogP contribution >= 0.6 is 0 Å². The van der Waals surface area contributed by atoms with Crippen molar-refractivity contribution >= 4 is 6.16 Å². The molecule has 0 amide bonds. The van der Waals surface area contributed by atoms with E-state index in [1.807, 2.05) is 12.1 Å². The minimum atomic E-state index is -0.694. The lowest BCUT2D eigenvalue weighted by Crippen LogP contribution is -2.34. The van der Waals surface area contributed by atoms with Crippen LogP contribution in [0.25, 0.3) is 0 Å². The molecule has 0 spiro atoms. The minimum Gasteiger partial charge on any atom is -0.497 e. The molecule has 0 fully saturated rings. The van der Waals surface area contributed by atoms with E-state index in [0.717, 1.165) is 13.0 Å². The van der Waals surface area contributed by atoms with Gasteiger partial charge in [-0.1, -0.05) is 0 Å². The molecule has 0 aliphatic carbocycles. The molecule has 7 heteroatoms. The monoisotopic (exact) mass is 337 g/mol. The topological polar surface area (TPSA) is 66.5 Å². The smallest absolute Gasteiger partial charge is 0.497 e. The summed E-state index contributed by atoms with van der Waals surface area (Å²) in [6.07, 6.45) is 2.02. The van der Waals surface area contributed by atoms with Crippen LogP contribution in [0, 0.1) is 0 Å². The summed E-state index contributed by atoms with van der Waals surface area (Å²) in [6.45, 7) is 2.61. The van der Waals surface area contributed by atoms with Crippen molar-refractivity contribution in [2.45, 2.75) is 6.42 Å². The van der Waals surface area contributed by atoms with Crippen molar-refractivity contribution in [1.29, 1.82) is 0 Å². The fourth-order valence-corrected chi connectivity index (χ4v) is 2.37. The maximum Gasteiger partial charge on any atom is 0.513 e. The number of carbonyl (C=O) groups excluding carboxylic acids is 1. The summed E-state index contributed by atoms with van der Waals surface area (Å²) in [5, 5.41) is 0. The number of nitrogens with zero attached hydrogens (tertiary/aromatic N) is 1. The van der Waals surface area contributed by atoms with Crippen LogP contribution < -0.4 is 14.2 Å². The van der Waals surface area contributed by atoms with Gasteiger partial charge in [0.15, 0.2) is 11.5 Å². The zero-order chi connectivity index (χ0) is 17.4. The Labute approximate surface area is 141 Å². The molecule has 0 radical (unpaired) electrons. The van der Waals surface area contributed by atoms with Crippen molar-refractivity contribution in [3.05, 3.63) is 30.0 Å². The second-order valence-electron chi connectivity index (χ2n) is 5.16. The van der Waals surface area contributed by atoms with E-state index in [4.69, 9.17) is 18.9 Å². The van der Waals surface area contributed by atoms with Gasteiger partial charge in [-0.15, -0.1) is 0 Å². The van der Waals surface area contributed by atoms with Crippen LogP contribution in [0.1, 0.15) is 6.42 Å². The number of hydrogen-bond acceptors (Lipinski definition) is 7. The third-order valence-corrected chi connectivity index (χ3v) is 3.61. The Morgan fingerprint density at radius 1 is 1.17 bits per heavy atom. The summed E-state index contributed by atoms with van der Waals surface area (Å²) in [4.78, 5) is 13.3. The average Bonchev–Trinajstić information content (AvgIpc) is 2.61. The summed E-state index contributed by atoms with van der Waals surface area (Å²) < 4.78 is 25.9. The van der Waals surface area contributed by atoms with E-state index in [0.29, 0.717) is 42.7 Å². The van der Waals surface area contributed by atoms with Gasteiger partial charge in [0.05, 0.1) is 27.9 Å². The second-order valence-corrected chi connectivity index (χ2v) is 5.16. The van der Waals surface area contributed by atoms with Gasteiger partial charge in [-0.2, -0.15) is 0 Å². The molecule has 132 valence electrons. The SMILES string of the molecule is COC(=O)OC1=CCCN(CCOc2cc(OC)ccc2OC)C1. The summed E-state index contributed by atoms with van der Waals surface area (Å²) in [5.41, 5.74) is 0. The molecule has 0 saturated heterocycles. The first-order valence-corrected chi connectivity index (χ1v) is 7.68. The quantitative estimate of drug-likeness (QED) is 0.708. The zero-order valence-corrected chi connectivity index (χ0v) is 14.2. The summed E-state index contributed by atoms with van der Waals surface area (Å²) in [5.74, 6) is 2.60. The van der Waals surface area contributed by atoms with Crippen molar-refractivity contribution in [1.82, 2.24) is 4.90 Å². The molecule has 2 rings (SSSR count). The molecule has 1 aromatic carbocycles. The minimum absolute atomic E-state index is 0.481. The van der Waals surface area contributed by atoms with Gasteiger partial charge in [0.25, 0.3) is 0 Å². The van der Waals surface area contributed by atoms with Gasteiger partial charge in [-0.3, -0.25) is 4.90 Å². The Bertz CT molecular complexity index is 586. The lowest BCUT2D eigenvalue weighted by molar-refractivity contribution is 0.0858. The number of rotatable bonds is 7. The Morgan fingerprint density at radius 3 is 2.71 bits per heavy atom. The molecule has 0 aromatic heterocycles. The number of benzene rings is 1. The van der Waals surface area contributed by atoms with Crippen LogP contribution in [0.3, 0.4) is 0 Å². The lowest BCUT2D eigenvalue weighted by Gasteiger charge is -2.26. The van der Waals surface area contributed by atoms with Gasteiger partial charge < -0.3 is 23.7 Å². The molecule has 0 unspecified atom stereocenters. The second kappa shape index (κ2) is 9.02. The first-order chi connectivity index (χ1) is 11.7. The molecule has 0 atom stereocenters. The van der Waals surface area contributed by atoms with Crippen LogP contribution in [0.4, 0.5) is 4.79 Å². The molecule has 1 aromatic rings. The first kappa shape index (κ1) is 17.9. The highest BCUT2D eigenvalue weighted by molar-refractivity contribution is 5.61. The van der Waals surface area contributed by atoms with Crippen molar-refractivity contribution in [3.8, 4) is 17.2 Å². The van der Waals surface area contributed by atoms with E-state index < -0.39 is 6.16 Å². The fraction of sp³-hybridized carbons (Fsp3) is 0.471. The van der Waals surface area contributed by atoms with Gasteiger partial charge in [0.2, 0.25) is 0 Å². The third-order valence-electron chi connectivity index (χ3n) is 3.61. The third kappa shape index (κ3) is 5.06. The largest absolute Gasteiger partial charge is 0.513 e. The number of hydrogen-bond donors (Lipinski definition) is 0. The molecule has 1 aliphatic heterocycles. The van der Waals surface area contributed by atoms with Crippen LogP contribution in [-0.4, -0.2) is 58.6 Å². The summed E-state index contributed by atoms with van der Waals surface area (Å²) in [7, 11) is 4.49. The van der Waals surface area contributed by atoms with Gasteiger partial charge in [0.1, 0.15) is 18.1 Å². The van der Waals surface area contributed by atoms with E-state index in [1.165, 1.54) is 7.11 Å². The predicted molar refractivity (Wildman–Crippen MR) is 87.7 cm³/mol. The van der Waals surface area contributed by atoms with Crippen molar-refractivity contribution in [2.24, 2.45) is 0 Å². The Morgan fingerprint density at radius 2 is 2.00 bits per heavy atom. The average molecular weight is 337 g/mol. The van der Waals surface area contributed by atoms with Gasteiger partial charge in [-0.05, 0) is 24.6 Å². The Kier molecular flexibility index (Phi) is 6.74. The highest BCUT2D eigenvalue weighted by Gasteiger charge is 2.17. The standard InChI is InChI=1S/C17H23NO6/c1-20-13-6-7-15(21-2)16(11-13)23-10-9-18-8-4-5-14(12-18)24-17(19)22-3/h5-7,11H,4,8-10,12H2,1-3H3. The molecule has 1 heterocycles. The summed E-state index contributed by atoms with van der Waals surface area (Å²) in [6, 6.07) is 5.42. The van der Waals surface area contributed by atoms with Crippen LogP contribution in [0.15, 0.2) is 30.0 Å². The zero-order valence-electron chi connectivity index (χ0n) is 14.2. The molecular formula is C17H23NO6. The molecule has 0 N–H and O–H groups in total. The van der Waals surface area contributed by atoms with Gasteiger partial charge >= 0.3 is 6.16 Å². The van der Waals surface area contributed by atoms with Crippen LogP contribution in [0.2, 0.25) is 0 Å². The lowest BCUT2D eigenvalue weighted by atomic mass is 10.2. The fourth-order valence-electron chi connectivity index (χ4n) is 2.37. The van der Waals surface area contributed by atoms with E-state index in [9.17, 15) is 4.79 Å². The number of ether oxygens (including phenoxy) is 5.